The van der Waals surface area contributed by atoms with E-state index in [0.717, 1.165) is 23.1 Å². The highest BCUT2D eigenvalue weighted by atomic mass is 16.6. The summed E-state index contributed by atoms with van der Waals surface area (Å²) < 4.78 is 0. The molecule has 0 bridgehead atoms. The maximum Gasteiger partial charge on any atom is 0.254 e. The van der Waals surface area contributed by atoms with E-state index in [-0.39, 0.29) is 5.91 Å². The van der Waals surface area contributed by atoms with Gasteiger partial charge in [0.1, 0.15) is 7.11 Å². The van der Waals surface area contributed by atoms with Crippen molar-refractivity contribution in [2.24, 2.45) is 5.16 Å². The predicted molar refractivity (Wildman–Crippen MR) is 115 cm³/mol. The molecule has 0 aliphatic heterocycles. The van der Waals surface area contributed by atoms with Gasteiger partial charge in [-0.15, -0.1) is 0 Å². The Labute approximate surface area is 171 Å². The number of oxime groups is 1. The first-order valence-electron chi connectivity index (χ1n) is 9.62. The lowest BCUT2D eigenvalue weighted by Crippen LogP contribution is -2.30. The van der Waals surface area contributed by atoms with E-state index in [1.165, 1.54) is 12.7 Å². The molecule has 3 aromatic rings. The average Bonchev–Trinajstić information content (AvgIpc) is 2.78. The molecule has 0 aliphatic carbocycles. The summed E-state index contributed by atoms with van der Waals surface area (Å²) in [5, 5.41) is 3.75. The van der Waals surface area contributed by atoms with Crippen molar-refractivity contribution in [1.29, 1.82) is 0 Å². The highest BCUT2D eigenvalue weighted by molar-refractivity contribution is 5.95. The normalized spacial score (nSPS) is 10.8. The molecular formula is C24H25N3O2. The van der Waals surface area contributed by atoms with E-state index < -0.39 is 0 Å². The fourth-order valence-electron chi connectivity index (χ4n) is 3.02. The third-order valence-corrected chi connectivity index (χ3v) is 4.65. The Morgan fingerprint density at radius 3 is 2.31 bits per heavy atom. The summed E-state index contributed by atoms with van der Waals surface area (Å²) in [7, 11) is 1.50. The first-order chi connectivity index (χ1) is 14.2. The summed E-state index contributed by atoms with van der Waals surface area (Å²) in [5.41, 5.74) is 4.89. The van der Waals surface area contributed by atoms with Crippen molar-refractivity contribution in [2.75, 3.05) is 7.11 Å². The van der Waals surface area contributed by atoms with Gasteiger partial charge in [-0.1, -0.05) is 54.5 Å². The maximum absolute atomic E-state index is 13.2. The smallest absolute Gasteiger partial charge is 0.254 e. The van der Waals surface area contributed by atoms with Gasteiger partial charge in [-0.25, -0.2) is 0 Å². The number of carbonyl (C=O) groups excluding carboxylic acids is 1. The second-order valence-corrected chi connectivity index (χ2v) is 6.73. The first kappa shape index (κ1) is 20.3. The third-order valence-electron chi connectivity index (χ3n) is 4.65. The predicted octanol–water partition coefficient (Wildman–Crippen LogP) is 4.47. The Hall–Kier alpha value is -3.47. The molecule has 5 heteroatoms. The topological polar surface area (TPSA) is 54.8 Å². The van der Waals surface area contributed by atoms with Crippen LogP contribution in [0.15, 0.2) is 78.2 Å². The quantitative estimate of drug-likeness (QED) is 0.423. The van der Waals surface area contributed by atoms with Gasteiger partial charge in [-0.05, 0) is 46.9 Å². The van der Waals surface area contributed by atoms with Gasteiger partial charge in [0.25, 0.3) is 5.91 Å². The molecule has 0 saturated carbocycles. The second kappa shape index (κ2) is 10.2. The van der Waals surface area contributed by atoms with Crippen LogP contribution in [0.2, 0.25) is 0 Å². The number of aromatic nitrogens is 1. The van der Waals surface area contributed by atoms with Crippen LogP contribution in [0.25, 0.3) is 0 Å². The molecule has 1 heterocycles. The van der Waals surface area contributed by atoms with Crippen molar-refractivity contribution in [3.63, 3.8) is 0 Å². The van der Waals surface area contributed by atoms with Crippen LogP contribution in [0, 0.1) is 0 Å². The van der Waals surface area contributed by atoms with Crippen LogP contribution in [0.3, 0.4) is 0 Å². The lowest BCUT2D eigenvalue weighted by atomic mass is 10.1. The number of amides is 1. The number of hydrogen-bond acceptors (Lipinski definition) is 4. The molecule has 2 aromatic carbocycles. The monoisotopic (exact) mass is 387 g/mol. The highest BCUT2D eigenvalue weighted by Gasteiger charge is 2.17. The van der Waals surface area contributed by atoms with Gasteiger partial charge in [0.2, 0.25) is 0 Å². The van der Waals surface area contributed by atoms with Gasteiger partial charge in [0.05, 0.1) is 6.21 Å². The van der Waals surface area contributed by atoms with E-state index in [2.05, 4.69) is 41.3 Å². The van der Waals surface area contributed by atoms with E-state index in [1.54, 1.807) is 18.6 Å². The number of benzene rings is 2. The second-order valence-electron chi connectivity index (χ2n) is 6.73. The standard InChI is InChI=1S/C24H25N3O2/c1-3-19-6-8-21(9-7-19)17-27(18-22-5-4-14-25-15-22)24(28)23-12-10-20(11-13-23)16-26-29-2/h4-16H,3,17-18H2,1-2H3/b26-16+. The number of aryl methyl sites for hydroxylation is 1. The Morgan fingerprint density at radius 2 is 1.69 bits per heavy atom. The molecule has 148 valence electrons. The van der Waals surface area contributed by atoms with E-state index in [9.17, 15) is 4.79 Å². The summed E-state index contributed by atoms with van der Waals surface area (Å²) in [6.07, 6.45) is 6.14. The van der Waals surface area contributed by atoms with Gasteiger partial charge >= 0.3 is 0 Å². The molecule has 3 rings (SSSR count). The molecule has 1 amide bonds. The van der Waals surface area contributed by atoms with Crippen molar-refractivity contribution in [3.8, 4) is 0 Å². The largest absolute Gasteiger partial charge is 0.399 e. The highest BCUT2D eigenvalue weighted by Crippen LogP contribution is 2.15. The lowest BCUT2D eigenvalue weighted by Gasteiger charge is -2.23. The summed E-state index contributed by atoms with van der Waals surface area (Å²) in [5.74, 6) is -0.0244. The molecule has 0 spiro atoms. The molecule has 0 unspecified atom stereocenters. The van der Waals surface area contributed by atoms with Gasteiger partial charge in [0.15, 0.2) is 0 Å². The third kappa shape index (κ3) is 5.75. The van der Waals surface area contributed by atoms with Crippen molar-refractivity contribution >= 4 is 12.1 Å². The number of pyridine rings is 1. The van der Waals surface area contributed by atoms with E-state index in [4.69, 9.17) is 4.84 Å². The molecule has 0 fully saturated rings. The summed E-state index contributed by atoms with van der Waals surface area (Å²) in [6, 6.07) is 19.6. The minimum atomic E-state index is -0.0244. The molecule has 0 radical (unpaired) electrons. The first-order valence-corrected chi connectivity index (χ1v) is 9.62. The van der Waals surface area contributed by atoms with Crippen molar-refractivity contribution in [3.05, 3.63) is 101 Å². The molecule has 1 aromatic heterocycles. The van der Waals surface area contributed by atoms with E-state index in [1.807, 2.05) is 41.3 Å². The fraction of sp³-hybridized carbons (Fsp3) is 0.208. The van der Waals surface area contributed by atoms with Crippen LogP contribution in [0.5, 0.6) is 0 Å². The summed E-state index contributed by atoms with van der Waals surface area (Å²) in [4.78, 5) is 24.0. The summed E-state index contributed by atoms with van der Waals surface area (Å²) >= 11 is 0. The zero-order valence-corrected chi connectivity index (χ0v) is 16.8. The van der Waals surface area contributed by atoms with Gasteiger partial charge in [-0.3, -0.25) is 9.78 Å². The van der Waals surface area contributed by atoms with Crippen molar-refractivity contribution in [2.45, 2.75) is 26.4 Å². The van der Waals surface area contributed by atoms with Crippen LogP contribution in [0.4, 0.5) is 0 Å². The number of hydrogen-bond donors (Lipinski definition) is 0. The van der Waals surface area contributed by atoms with Gasteiger partial charge < -0.3 is 9.74 Å². The van der Waals surface area contributed by atoms with Crippen LogP contribution < -0.4 is 0 Å². The number of carbonyl (C=O) groups is 1. The molecular weight excluding hydrogens is 362 g/mol. The summed E-state index contributed by atoms with van der Waals surface area (Å²) in [6.45, 7) is 3.16. The molecule has 0 saturated heterocycles. The Bertz CT molecular complexity index is 936. The molecule has 5 nitrogen and oxygen atoms in total. The SMILES string of the molecule is CCc1ccc(CN(Cc2cccnc2)C(=O)c2ccc(/C=N/OC)cc2)cc1. The Kier molecular flexibility index (Phi) is 7.11. The number of rotatable bonds is 8. The maximum atomic E-state index is 13.2. The van der Waals surface area contributed by atoms with Gasteiger partial charge in [0, 0.05) is 31.0 Å². The molecule has 0 aliphatic rings. The minimum Gasteiger partial charge on any atom is -0.399 e. The zero-order valence-electron chi connectivity index (χ0n) is 16.8. The van der Waals surface area contributed by atoms with Crippen LogP contribution in [-0.4, -0.2) is 29.1 Å². The molecule has 0 atom stereocenters. The molecule has 0 N–H and O–H groups in total. The van der Waals surface area contributed by atoms with Crippen molar-refractivity contribution < 1.29 is 9.63 Å². The zero-order chi connectivity index (χ0) is 20.5. The van der Waals surface area contributed by atoms with Crippen LogP contribution in [-0.2, 0) is 24.3 Å². The van der Waals surface area contributed by atoms with Crippen molar-refractivity contribution in [1.82, 2.24) is 9.88 Å². The minimum absolute atomic E-state index is 0.0244. The van der Waals surface area contributed by atoms with Gasteiger partial charge in [-0.2, -0.15) is 0 Å². The Morgan fingerprint density at radius 1 is 1.00 bits per heavy atom. The lowest BCUT2D eigenvalue weighted by molar-refractivity contribution is 0.0730. The van der Waals surface area contributed by atoms with Crippen LogP contribution >= 0.6 is 0 Å². The number of nitrogens with zero attached hydrogens (tertiary/aromatic N) is 3. The van der Waals surface area contributed by atoms with E-state index >= 15 is 0 Å². The van der Waals surface area contributed by atoms with Crippen LogP contribution in [0.1, 0.15) is 39.5 Å². The Balaban J connectivity index is 1.82. The molecule has 29 heavy (non-hydrogen) atoms. The average molecular weight is 387 g/mol. The fourth-order valence-corrected chi connectivity index (χ4v) is 3.02. The van der Waals surface area contributed by atoms with E-state index in [0.29, 0.717) is 18.7 Å².